The minimum atomic E-state index is -2.78. The fourth-order valence-corrected chi connectivity index (χ4v) is 3.22. The highest BCUT2D eigenvalue weighted by Crippen LogP contribution is 2.39. The molecule has 0 fully saturated rings. The number of likely N-dealkylation sites (N-methyl/N-ethyl adjacent to an activating group) is 1. The van der Waals surface area contributed by atoms with Gasteiger partial charge in [-0.2, -0.15) is 10.1 Å². The van der Waals surface area contributed by atoms with Crippen LogP contribution in [0.5, 0.6) is 5.88 Å². The van der Waals surface area contributed by atoms with Crippen LogP contribution in [0.15, 0.2) is 53.7 Å². The maximum atomic E-state index is 13.4. The smallest absolute Gasteiger partial charge is 0.280 e. The van der Waals surface area contributed by atoms with Crippen LogP contribution in [-0.2, 0) is 9.59 Å². The second kappa shape index (κ2) is 17.2. The lowest BCUT2D eigenvalue weighted by Crippen LogP contribution is -2.38. The normalized spacial score (nSPS) is 10.7. The molecule has 0 aliphatic rings. The Balaban J connectivity index is 0.000000686. The summed E-state index contributed by atoms with van der Waals surface area (Å²) < 4.78 is 46.0. The number of anilines is 1. The number of hydrazone groups is 1. The predicted octanol–water partition coefficient (Wildman–Crippen LogP) is 4.82. The minimum absolute atomic E-state index is 0.0807. The zero-order valence-electron chi connectivity index (χ0n) is 24.1. The molecule has 226 valence electrons. The van der Waals surface area contributed by atoms with Crippen LogP contribution in [0.25, 0.3) is 22.4 Å². The summed E-state index contributed by atoms with van der Waals surface area (Å²) in [5, 5.41) is 12.1. The number of allylic oxidation sites excluding steroid dienone is 1. The fraction of sp³-hybridized carbons (Fsp3) is 0.310. The van der Waals surface area contributed by atoms with Crippen LogP contribution in [0, 0.1) is 12.7 Å². The first-order chi connectivity index (χ1) is 19.9. The Hall–Kier alpha value is -4.65. The van der Waals surface area contributed by atoms with Crippen molar-refractivity contribution in [3.05, 3.63) is 65.8 Å². The Bertz CT molecular complexity index is 1350. The van der Waals surface area contributed by atoms with Crippen molar-refractivity contribution in [3.8, 4) is 28.3 Å². The van der Waals surface area contributed by atoms with Gasteiger partial charge in [0.25, 0.3) is 6.43 Å². The van der Waals surface area contributed by atoms with Gasteiger partial charge in [0.2, 0.25) is 11.8 Å². The summed E-state index contributed by atoms with van der Waals surface area (Å²) in [5.41, 5.74) is 6.80. The van der Waals surface area contributed by atoms with Gasteiger partial charge in [0, 0.05) is 32.1 Å². The molecule has 1 aromatic carbocycles. The van der Waals surface area contributed by atoms with Gasteiger partial charge >= 0.3 is 0 Å². The molecule has 0 amide bonds. The Kier molecular flexibility index (Phi) is 14.5. The first-order valence-electron chi connectivity index (χ1n) is 12.5. The molecule has 42 heavy (non-hydrogen) atoms. The highest BCUT2D eigenvalue weighted by Gasteiger charge is 2.22. The Morgan fingerprint density at radius 1 is 1.12 bits per heavy atom. The molecule has 0 aliphatic heterocycles. The maximum absolute atomic E-state index is 13.4. The first-order valence-corrected chi connectivity index (χ1v) is 12.5. The van der Waals surface area contributed by atoms with Crippen molar-refractivity contribution in [2.75, 3.05) is 26.5 Å². The summed E-state index contributed by atoms with van der Waals surface area (Å²) in [6.07, 6.45) is 2.06. The molecule has 3 rings (SSSR count). The van der Waals surface area contributed by atoms with Gasteiger partial charge in [-0.1, -0.05) is 6.08 Å². The molecule has 0 radical (unpaired) electrons. The van der Waals surface area contributed by atoms with E-state index in [0.29, 0.717) is 40.8 Å². The number of halogens is 3. The molecule has 10 nitrogen and oxygen atoms in total. The van der Waals surface area contributed by atoms with Crippen molar-refractivity contribution in [2.24, 2.45) is 5.10 Å². The number of aldehydes is 2. The Morgan fingerprint density at radius 2 is 1.76 bits per heavy atom. The van der Waals surface area contributed by atoms with Crippen molar-refractivity contribution in [2.45, 2.75) is 39.2 Å². The maximum Gasteiger partial charge on any atom is 0.280 e. The van der Waals surface area contributed by atoms with Gasteiger partial charge in [-0.15, -0.1) is 0 Å². The van der Waals surface area contributed by atoms with Crippen LogP contribution in [0.3, 0.4) is 0 Å². The quantitative estimate of drug-likeness (QED) is 0.106. The van der Waals surface area contributed by atoms with E-state index in [1.807, 2.05) is 0 Å². The second-order valence-corrected chi connectivity index (χ2v) is 8.98. The van der Waals surface area contributed by atoms with Crippen molar-refractivity contribution in [3.63, 3.8) is 0 Å². The van der Waals surface area contributed by atoms with Gasteiger partial charge in [0.15, 0.2) is 0 Å². The number of carbonyl (C=O) groups is 2. The molecule has 0 saturated heterocycles. The lowest BCUT2D eigenvalue weighted by atomic mass is 9.99. The van der Waals surface area contributed by atoms with Crippen molar-refractivity contribution in [1.29, 1.82) is 0 Å². The van der Waals surface area contributed by atoms with Crippen molar-refractivity contribution in [1.82, 2.24) is 20.0 Å². The Morgan fingerprint density at radius 3 is 2.29 bits per heavy atom. The highest BCUT2D eigenvalue weighted by atomic mass is 19.3. The van der Waals surface area contributed by atoms with Crippen molar-refractivity contribution >= 4 is 25.2 Å². The summed E-state index contributed by atoms with van der Waals surface area (Å²) in [4.78, 5) is 33.0. The molecule has 3 aromatic rings. The number of nitrogens with two attached hydrogens (primary N) is 1. The molecule has 0 aliphatic carbocycles. The average molecular weight is 589 g/mol. The molecule has 0 bridgehead atoms. The Labute approximate surface area is 242 Å². The van der Waals surface area contributed by atoms with Gasteiger partial charge in [-0.3, -0.25) is 14.8 Å². The summed E-state index contributed by atoms with van der Waals surface area (Å²) >= 11 is 0. The number of benzene rings is 1. The topological polar surface area (TPSA) is 144 Å². The lowest BCUT2D eigenvalue weighted by Gasteiger charge is -2.26. The third-order valence-electron chi connectivity index (χ3n) is 5.57. The summed E-state index contributed by atoms with van der Waals surface area (Å²) in [7, 11) is 2.71. The number of nitrogens with zero attached hydrogens (tertiary/aromatic N) is 5. The van der Waals surface area contributed by atoms with Gasteiger partial charge in [0.1, 0.15) is 29.6 Å². The van der Waals surface area contributed by atoms with E-state index in [9.17, 15) is 22.8 Å². The van der Waals surface area contributed by atoms with Crippen LogP contribution in [0.1, 0.15) is 38.1 Å². The van der Waals surface area contributed by atoms with Crippen LogP contribution >= 0.6 is 0 Å². The SMILES string of the molecule is C=NN(C)C(C)(C)C=O.CO.Cc1cc(-c2c(OCC/C=C\C=O)nc(N)nc2-c2ccc(F)cc2)cc(C(F)F)n1. The number of carbonyl (C=O) groups excluding carboxylic acids is 2. The number of pyridine rings is 1. The molecule has 2 aromatic heterocycles. The second-order valence-electron chi connectivity index (χ2n) is 8.98. The third-order valence-corrected chi connectivity index (χ3v) is 5.57. The molecule has 0 spiro atoms. The zero-order chi connectivity index (χ0) is 31.9. The molecule has 13 heteroatoms. The number of hydrogen-bond donors (Lipinski definition) is 2. The molecule has 3 N–H and O–H groups in total. The first kappa shape index (κ1) is 35.4. The van der Waals surface area contributed by atoms with Crippen LogP contribution < -0.4 is 10.5 Å². The monoisotopic (exact) mass is 588 g/mol. The number of ether oxygens (including phenoxy) is 1. The third kappa shape index (κ3) is 10.4. The van der Waals surface area contributed by atoms with Crippen LogP contribution in [0.2, 0.25) is 0 Å². The number of rotatable bonds is 11. The number of aromatic nitrogens is 3. The number of aliphatic hydroxyl groups is 1. The fourth-order valence-electron chi connectivity index (χ4n) is 3.22. The molecule has 0 unspecified atom stereocenters. The van der Waals surface area contributed by atoms with E-state index < -0.39 is 23.5 Å². The number of aryl methyl sites for hydroxylation is 1. The number of nitrogen functional groups attached to an aromatic ring is 1. The van der Waals surface area contributed by atoms with E-state index >= 15 is 0 Å². The minimum Gasteiger partial charge on any atom is -0.477 e. The number of alkyl halides is 2. The van der Waals surface area contributed by atoms with Gasteiger partial charge in [-0.25, -0.2) is 18.2 Å². The van der Waals surface area contributed by atoms with Crippen LogP contribution in [-0.4, -0.2) is 70.7 Å². The highest BCUT2D eigenvalue weighted by molar-refractivity contribution is 5.85. The summed E-state index contributed by atoms with van der Waals surface area (Å²) in [6.45, 7) is 8.59. The van der Waals surface area contributed by atoms with E-state index in [-0.39, 0.29) is 18.4 Å². The van der Waals surface area contributed by atoms with E-state index in [0.717, 1.165) is 13.4 Å². The summed E-state index contributed by atoms with van der Waals surface area (Å²) in [5.74, 6) is -0.455. The lowest BCUT2D eigenvalue weighted by molar-refractivity contribution is -0.116. The predicted molar refractivity (Wildman–Crippen MR) is 156 cm³/mol. The number of hydrogen-bond acceptors (Lipinski definition) is 10. The van der Waals surface area contributed by atoms with Crippen LogP contribution in [0.4, 0.5) is 19.1 Å². The van der Waals surface area contributed by atoms with E-state index in [1.54, 1.807) is 40.0 Å². The molecule has 2 heterocycles. The van der Waals surface area contributed by atoms with E-state index in [4.69, 9.17) is 15.6 Å². The van der Waals surface area contributed by atoms with Gasteiger partial charge < -0.3 is 20.4 Å². The van der Waals surface area contributed by atoms with Crippen molar-refractivity contribution < 1.29 is 32.6 Å². The molecule has 0 atom stereocenters. The van der Waals surface area contributed by atoms with E-state index in [2.05, 4.69) is 26.8 Å². The molecule has 0 saturated carbocycles. The average Bonchev–Trinajstić information content (AvgIpc) is 2.97. The van der Waals surface area contributed by atoms with Gasteiger partial charge in [0.05, 0.1) is 17.9 Å². The summed E-state index contributed by atoms with van der Waals surface area (Å²) in [6, 6.07) is 8.35. The number of aliphatic hydroxyl groups excluding tert-OH is 1. The molecular weight excluding hydrogens is 553 g/mol. The van der Waals surface area contributed by atoms with Gasteiger partial charge in [-0.05, 0) is 75.2 Å². The standard InChI is InChI=1S/C22H19F3N4O2.C6H12N2O.CH4O/c1-13-11-15(12-17(27-13)20(24)25)18-19(14-5-7-16(23)8-6-14)28-22(26)29-21(18)31-10-4-2-3-9-30;1-6(2,5-9)8(4)7-3;1-2/h2-3,5-9,11-12,20H,4,10H2,1H3,(H2,26,28,29);5H,3H2,1-2,4H3;2H,1H3/b3-2-;;. The largest absolute Gasteiger partial charge is 0.477 e. The zero-order valence-corrected chi connectivity index (χ0v) is 24.1. The molecular formula is C29H35F3N6O4. The van der Waals surface area contributed by atoms with E-state index in [1.165, 1.54) is 41.4 Å².